The second-order valence-electron chi connectivity index (χ2n) is 5.61. The van der Waals surface area contributed by atoms with Crippen molar-refractivity contribution in [3.8, 4) is 0 Å². The first kappa shape index (κ1) is 15.5. The highest BCUT2D eigenvalue weighted by Crippen LogP contribution is 2.19. The van der Waals surface area contributed by atoms with Crippen LogP contribution in [0.15, 0.2) is 42.5 Å². The smallest absolute Gasteiger partial charge is 0.129 e. The van der Waals surface area contributed by atoms with E-state index in [1.54, 1.807) is 0 Å². The minimum Gasteiger partial charge on any atom is -0.369 e. The summed E-state index contributed by atoms with van der Waals surface area (Å²) in [7, 11) is 0. The topological polar surface area (TPSA) is 3.24 Å². The van der Waals surface area contributed by atoms with Crippen LogP contribution in [-0.4, -0.2) is 12.6 Å². The van der Waals surface area contributed by atoms with Crippen LogP contribution in [0.4, 0.5) is 14.5 Å². The Balaban J connectivity index is 2.12. The van der Waals surface area contributed by atoms with E-state index in [-0.39, 0.29) is 0 Å². The van der Waals surface area contributed by atoms with E-state index in [4.69, 9.17) is 0 Å². The van der Waals surface area contributed by atoms with Crippen molar-refractivity contribution in [2.24, 2.45) is 0 Å². The van der Waals surface area contributed by atoms with Gasteiger partial charge in [-0.15, -0.1) is 0 Å². The predicted octanol–water partition coefficient (Wildman–Crippen LogP) is 4.73. The van der Waals surface area contributed by atoms with Gasteiger partial charge in [-0.05, 0) is 51.0 Å². The van der Waals surface area contributed by atoms with Gasteiger partial charge < -0.3 is 4.90 Å². The lowest BCUT2D eigenvalue weighted by Crippen LogP contribution is -2.32. The fraction of sp³-hybridized carbons (Fsp3) is 0.333. The van der Waals surface area contributed by atoms with E-state index in [9.17, 15) is 8.78 Å². The summed E-state index contributed by atoms with van der Waals surface area (Å²) >= 11 is 0. The third kappa shape index (κ3) is 4.03. The third-order valence-corrected chi connectivity index (χ3v) is 3.63. The van der Waals surface area contributed by atoms with Gasteiger partial charge in [-0.3, -0.25) is 0 Å². The van der Waals surface area contributed by atoms with E-state index in [2.05, 4.69) is 49.9 Å². The molecule has 2 rings (SSSR count). The summed E-state index contributed by atoms with van der Waals surface area (Å²) in [5, 5.41) is 0. The average Bonchev–Trinajstić information content (AvgIpc) is 2.42. The van der Waals surface area contributed by atoms with Gasteiger partial charge in [0.2, 0.25) is 0 Å². The molecule has 0 aromatic heterocycles. The number of benzene rings is 2. The van der Waals surface area contributed by atoms with Gasteiger partial charge >= 0.3 is 0 Å². The number of rotatable bonds is 5. The van der Waals surface area contributed by atoms with E-state index in [0.717, 1.165) is 11.8 Å². The predicted molar refractivity (Wildman–Crippen MR) is 83.7 cm³/mol. The molecular weight excluding hydrogens is 268 g/mol. The van der Waals surface area contributed by atoms with Crippen molar-refractivity contribution >= 4 is 5.69 Å². The highest BCUT2D eigenvalue weighted by atomic mass is 19.1. The number of halogens is 2. The largest absolute Gasteiger partial charge is 0.369 e. The second kappa shape index (κ2) is 6.70. The van der Waals surface area contributed by atoms with Crippen molar-refractivity contribution in [3.05, 3.63) is 65.2 Å². The molecule has 0 saturated heterocycles. The maximum absolute atomic E-state index is 13.7. The molecule has 2 aromatic rings. The molecule has 0 bridgehead atoms. The lowest BCUT2D eigenvalue weighted by molar-refractivity contribution is 0.568. The molecular formula is C18H21F2N. The van der Waals surface area contributed by atoms with E-state index in [1.165, 1.54) is 17.7 Å². The number of hydrogen-bond acceptors (Lipinski definition) is 1. The first-order valence-electron chi connectivity index (χ1n) is 7.24. The highest BCUT2D eigenvalue weighted by molar-refractivity contribution is 5.48. The molecule has 0 fully saturated rings. The van der Waals surface area contributed by atoms with E-state index in [0.29, 0.717) is 24.6 Å². The molecule has 0 aliphatic heterocycles. The van der Waals surface area contributed by atoms with Crippen molar-refractivity contribution < 1.29 is 8.78 Å². The van der Waals surface area contributed by atoms with Gasteiger partial charge in [-0.2, -0.15) is 0 Å². The van der Waals surface area contributed by atoms with Gasteiger partial charge in [0, 0.05) is 24.3 Å². The monoisotopic (exact) mass is 289 g/mol. The second-order valence-corrected chi connectivity index (χ2v) is 5.61. The molecule has 0 N–H and O–H groups in total. The van der Waals surface area contributed by atoms with E-state index in [1.807, 2.05) is 0 Å². The Hall–Kier alpha value is -1.90. The Bertz CT molecular complexity index is 591. The molecule has 0 aliphatic rings. The lowest BCUT2D eigenvalue weighted by atomic mass is 10.1. The lowest BCUT2D eigenvalue weighted by Gasteiger charge is -2.29. The summed E-state index contributed by atoms with van der Waals surface area (Å²) in [6.45, 7) is 6.97. The SMILES string of the molecule is Cc1ccc(N(CCc2ccc(F)cc2F)C(C)C)cc1. The van der Waals surface area contributed by atoms with Crippen LogP contribution in [0.3, 0.4) is 0 Å². The van der Waals surface area contributed by atoms with Gasteiger partial charge in [0.15, 0.2) is 0 Å². The Morgan fingerprint density at radius 3 is 2.24 bits per heavy atom. The van der Waals surface area contributed by atoms with Crippen LogP contribution in [0.5, 0.6) is 0 Å². The van der Waals surface area contributed by atoms with Crippen LogP contribution in [-0.2, 0) is 6.42 Å². The van der Waals surface area contributed by atoms with Crippen molar-refractivity contribution in [1.82, 2.24) is 0 Å². The van der Waals surface area contributed by atoms with Gasteiger partial charge in [-0.25, -0.2) is 8.78 Å². The molecule has 2 aromatic carbocycles. The number of anilines is 1. The van der Waals surface area contributed by atoms with Gasteiger partial charge in [0.1, 0.15) is 11.6 Å². The zero-order valence-electron chi connectivity index (χ0n) is 12.7. The Morgan fingerprint density at radius 1 is 1.00 bits per heavy atom. The standard InChI is InChI=1S/C18H21F2N/c1-13(2)21(17-8-4-14(3)5-9-17)11-10-15-6-7-16(19)12-18(15)20/h4-9,12-13H,10-11H2,1-3H3. The number of nitrogens with zero attached hydrogens (tertiary/aromatic N) is 1. The van der Waals surface area contributed by atoms with Gasteiger partial charge in [0.25, 0.3) is 0 Å². The highest BCUT2D eigenvalue weighted by Gasteiger charge is 2.12. The van der Waals surface area contributed by atoms with Crippen molar-refractivity contribution in [2.75, 3.05) is 11.4 Å². The van der Waals surface area contributed by atoms with Crippen molar-refractivity contribution in [1.29, 1.82) is 0 Å². The Labute approximate surface area is 125 Å². The summed E-state index contributed by atoms with van der Waals surface area (Å²) in [6.07, 6.45) is 0.554. The fourth-order valence-corrected chi connectivity index (χ4v) is 2.39. The minimum absolute atomic E-state index is 0.316. The van der Waals surface area contributed by atoms with Crippen LogP contribution in [0, 0.1) is 18.6 Å². The Morgan fingerprint density at radius 2 is 1.67 bits per heavy atom. The molecule has 0 aliphatic carbocycles. The molecule has 1 nitrogen and oxygen atoms in total. The molecule has 0 heterocycles. The van der Waals surface area contributed by atoms with E-state index < -0.39 is 11.6 Å². The molecule has 112 valence electrons. The number of hydrogen-bond donors (Lipinski definition) is 0. The summed E-state index contributed by atoms with van der Waals surface area (Å²) in [5.41, 5.74) is 2.89. The summed E-state index contributed by atoms with van der Waals surface area (Å²) in [6, 6.07) is 12.4. The first-order chi connectivity index (χ1) is 9.97. The molecule has 0 unspecified atom stereocenters. The molecule has 3 heteroatoms. The molecule has 0 amide bonds. The Kier molecular flexibility index (Phi) is 4.94. The quantitative estimate of drug-likeness (QED) is 0.769. The molecule has 21 heavy (non-hydrogen) atoms. The van der Waals surface area contributed by atoms with Crippen LogP contribution >= 0.6 is 0 Å². The zero-order valence-corrected chi connectivity index (χ0v) is 12.7. The zero-order chi connectivity index (χ0) is 15.4. The maximum atomic E-state index is 13.7. The molecule has 0 saturated carbocycles. The first-order valence-corrected chi connectivity index (χ1v) is 7.24. The summed E-state index contributed by atoms with van der Waals surface area (Å²) < 4.78 is 26.6. The average molecular weight is 289 g/mol. The molecule has 0 radical (unpaired) electrons. The van der Waals surface area contributed by atoms with Gasteiger partial charge in [-0.1, -0.05) is 23.8 Å². The summed E-state index contributed by atoms with van der Waals surface area (Å²) in [4.78, 5) is 2.22. The van der Waals surface area contributed by atoms with Crippen LogP contribution < -0.4 is 4.90 Å². The fourth-order valence-electron chi connectivity index (χ4n) is 2.39. The van der Waals surface area contributed by atoms with Crippen LogP contribution in [0.2, 0.25) is 0 Å². The molecule has 0 atom stereocenters. The van der Waals surface area contributed by atoms with Crippen LogP contribution in [0.1, 0.15) is 25.0 Å². The molecule has 0 spiro atoms. The van der Waals surface area contributed by atoms with Gasteiger partial charge in [0.05, 0.1) is 0 Å². The van der Waals surface area contributed by atoms with Crippen LogP contribution in [0.25, 0.3) is 0 Å². The number of aryl methyl sites for hydroxylation is 1. The summed E-state index contributed by atoms with van der Waals surface area (Å²) in [5.74, 6) is -1.00. The normalized spacial score (nSPS) is 11.0. The van der Waals surface area contributed by atoms with Crippen molar-refractivity contribution in [2.45, 2.75) is 33.2 Å². The maximum Gasteiger partial charge on any atom is 0.129 e. The van der Waals surface area contributed by atoms with E-state index >= 15 is 0 Å². The third-order valence-electron chi connectivity index (χ3n) is 3.63. The minimum atomic E-state index is -0.532. The van der Waals surface area contributed by atoms with Crippen molar-refractivity contribution in [3.63, 3.8) is 0 Å².